The highest BCUT2D eigenvalue weighted by Gasteiger charge is 2.28. The van der Waals surface area contributed by atoms with E-state index in [1.165, 1.54) is 0 Å². The topological polar surface area (TPSA) is 83.3 Å². The molecule has 1 fully saturated rings. The molecule has 138 valence electrons. The lowest BCUT2D eigenvalue weighted by Crippen LogP contribution is -2.41. The molecule has 26 heavy (non-hydrogen) atoms. The largest absolute Gasteiger partial charge is 0.357 e. The summed E-state index contributed by atoms with van der Waals surface area (Å²) in [6.07, 6.45) is 7.53. The van der Waals surface area contributed by atoms with Gasteiger partial charge < -0.3 is 20.5 Å². The fourth-order valence-corrected chi connectivity index (χ4v) is 2.66. The van der Waals surface area contributed by atoms with Crippen LogP contribution in [0.3, 0.4) is 0 Å². The zero-order chi connectivity index (χ0) is 18.2. The molecular formula is C19H26N6O. The maximum Gasteiger partial charge on any atom is 0.223 e. The average Bonchev–Trinajstić information content (AvgIpc) is 3.38. The Morgan fingerprint density at radius 2 is 2.04 bits per heavy atom. The van der Waals surface area contributed by atoms with E-state index in [2.05, 4.69) is 38.1 Å². The van der Waals surface area contributed by atoms with Crippen molar-refractivity contribution in [2.24, 2.45) is 10.9 Å². The first-order valence-electron chi connectivity index (χ1n) is 9.14. The van der Waals surface area contributed by atoms with Crippen molar-refractivity contribution in [2.75, 3.05) is 19.6 Å². The van der Waals surface area contributed by atoms with E-state index < -0.39 is 0 Å². The molecule has 2 aromatic rings. The normalized spacial score (nSPS) is 14.1. The lowest BCUT2D eigenvalue weighted by atomic mass is 10.2. The monoisotopic (exact) mass is 354 g/mol. The van der Waals surface area contributed by atoms with Crippen molar-refractivity contribution in [3.63, 3.8) is 0 Å². The number of nitrogens with zero attached hydrogens (tertiary/aromatic N) is 3. The SMILES string of the molecule is CCNC(=NCc1ccccc1-n1ccnc1)NCCNC(=O)C1CC1. The van der Waals surface area contributed by atoms with Gasteiger partial charge in [0.15, 0.2) is 5.96 Å². The van der Waals surface area contributed by atoms with Gasteiger partial charge in [-0.15, -0.1) is 0 Å². The van der Waals surface area contributed by atoms with Crippen molar-refractivity contribution >= 4 is 11.9 Å². The van der Waals surface area contributed by atoms with Crippen LogP contribution in [0.15, 0.2) is 48.0 Å². The van der Waals surface area contributed by atoms with E-state index in [4.69, 9.17) is 0 Å². The van der Waals surface area contributed by atoms with Gasteiger partial charge in [0, 0.05) is 37.9 Å². The molecule has 0 atom stereocenters. The minimum atomic E-state index is 0.169. The van der Waals surface area contributed by atoms with Gasteiger partial charge >= 0.3 is 0 Å². The lowest BCUT2D eigenvalue weighted by Gasteiger charge is -2.13. The van der Waals surface area contributed by atoms with Crippen LogP contribution in [0.5, 0.6) is 0 Å². The summed E-state index contributed by atoms with van der Waals surface area (Å²) in [5.41, 5.74) is 2.19. The summed E-state index contributed by atoms with van der Waals surface area (Å²) >= 11 is 0. The van der Waals surface area contributed by atoms with Gasteiger partial charge in [-0.25, -0.2) is 9.98 Å². The number of guanidine groups is 1. The van der Waals surface area contributed by atoms with Crippen LogP contribution in [0.25, 0.3) is 5.69 Å². The van der Waals surface area contributed by atoms with Crippen LogP contribution >= 0.6 is 0 Å². The van der Waals surface area contributed by atoms with Crippen LogP contribution in [0.2, 0.25) is 0 Å². The summed E-state index contributed by atoms with van der Waals surface area (Å²) in [5, 5.41) is 9.45. The molecule has 1 aliphatic rings. The van der Waals surface area contributed by atoms with E-state index in [0.29, 0.717) is 19.6 Å². The van der Waals surface area contributed by atoms with Crippen molar-refractivity contribution in [1.29, 1.82) is 0 Å². The second-order valence-electron chi connectivity index (χ2n) is 6.29. The maximum absolute atomic E-state index is 11.6. The fourth-order valence-electron chi connectivity index (χ4n) is 2.66. The van der Waals surface area contributed by atoms with Crippen LogP contribution in [-0.4, -0.2) is 41.1 Å². The molecule has 0 aliphatic heterocycles. The number of benzene rings is 1. The zero-order valence-electron chi connectivity index (χ0n) is 15.1. The second kappa shape index (κ2) is 9.03. The minimum Gasteiger partial charge on any atom is -0.357 e. The highest BCUT2D eigenvalue weighted by atomic mass is 16.2. The van der Waals surface area contributed by atoms with Crippen molar-refractivity contribution in [3.8, 4) is 5.69 Å². The summed E-state index contributed by atoms with van der Waals surface area (Å²) in [6, 6.07) is 8.14. The molecule has 1 aliphatic carbocycles. The molecule has 1 amide bonds. The van der Waals surface area contributed by atoms with E-state index in [0.717, 1.165) is 36.6 Å². The Labute approximate surface area is 153 Å². The van der Waals surface area contributed by atoms with Crippen LogP contribution in [-0.2, 0) is 11.3 Å². The number of carbonyl (C=O) groups excluding carboxylic acids is 1. The van der Waals surface area contributed by atoms with Gasteiger partial charge in [-0.05, 0) is 31.4 Å². The average molecular weight is 354 g/mol. The van der Waals surface area contributed by atoms with E-state index in [1.807, 2.05) is 29.8 Å². The van der Waals surface area contributed by atoms with Crippen molar-refractivity contribution in [3.05, 3.63) is 48.5 Å². The van der Waals surface area contributed by atoms with E-state index in [-0.39, 0.29) is 11.8 Å². The van der Waals surface area contributed by atoms with Crippen molar-refractivity contribution in [1.82, 2.24) is 25.5 Å². The molecule has 0 unspecified atom stereocenters. The molecule has 0 bridgehead atoms. The predicted molar refractivity (Wildman–Crippen MR) is 102 cm³/mol. The van der Waals surface area contributed by atoms with E-state index in [1.54, 1.807) is 12.5 Å². The van der Waals surface area contributed by atoms with Crippen molar-refractivity contribution < 1.29 is 4.79 Å². The molecule has 3 N–H and O–H groups in total. The van der Waals surface area contributed by atoms with Gasteiger partial charge in [0.1, 0.15) is 0 Å². The Morgan fingerprint density at radius 1 is 1.23 bits per heavy atom. The number of nitrogens with one attached hydrogen (secondary N) is 3. The number of imidazole rings is 1. The van der Waals surface area contributed by atoms with Crippen molar-refractivity contribution in [2.45, 2.75) is 26.3 Å². The smallest absolute Gasteiger partial charge is 0.223 e. The molecule has 1 aromatic carbocycles. The minimum absolute atomic E-state index is 0.169. The molecule has 3 rings (SSSR count). The van der Waals surface area contributed by atoms with Gasteiger partial charge in [0.25, 0.3) is 0 Å². The number of hydrogen-bond acceptors (Lipinski definition) is 3. The Balaban J connectivity index is 1.56. The first-order chi connectivity index (χ1) is 12.8. The number of hydrogen-bond donors (Lipinski definition) is 3. The Kier molecular flexibility index (Phi) is 6.24. The predicted octanol–water partition coefficient (Wildman–Crippen LogP) is 1.45. The van der Waals surface area contributed by atoms with Crippen LogP contribution in [0.1, 0.15) is 25.3 Å². The van der Waals surface area contributed by atoms with Crippen LogP contribution in [0.4, 0.5) is 0 Å². The molecule has 7 nitrogen and oxygen atoms in total. The third-order valence-corrected chi connectivity index (χ3v) is 4.19. The summed E-state index contributed by atoms with van der Waals surface area (Å²) in [5.74, 6) is 1.16. The molecule has 0 saturated heterocycles. The first kappa shape index (κ1) is 18.0. The summed E-state index contributed by atoms with van der Waals surface area (Å²) in [7, 11) is 0. The van der Waals surface area contributed by atoms with Gasteiger partial charge in [0.05, 0.1) is 18.6 Å². The Morgan fingerprint density at radius 3 is 2.77 bits per heavy atom. The van der Waals surface area contributed by atoms with Gasteiger partial charge in [-0.1, -0.05) is 18.2 Å². The van der Waals surface area contributed by atoms with Gasteiger partial charge in [0.2, 0.25) is 5.91 Å². The molecule has 1 aromatic heterocycles. The lowest BCUT2D eigenvalue weighted by molar-refractivity contribution is -0.122. The molecular weight excluding hydrogens is 328 g/mol. The Hall–Kier alpha value is -2.83. The highest BCUT2D eigenvalue weighted by molar-refractivity contribution is 5.81. The second-order valence-corrected chi connectivity index (χ2v) is 6.29. The van der Waals surface area contributed by atoms with E-state index >= 15 is 0 Å². The third-order valence-electron chi connectivity index (χ3n) is 4.19. The van der Waals surface area contributed by atoms with Gasteiger partial charge in [-0.2, -0.15) is 0 Å². The first-order valence-corrected chi connectivity index (χ1v) is 9.14. The molecule has 1 heterocycles. The standard InChI is InChI=1S/C19H26N6O/c1-2-21-19(23-10-9-22-18(26)15-7-8-15)24-13-16-5-3-4-6-17(16)25-12-11-20-14-25/h3-6,11-12,14-15H,2,7-10,13H2,1H3,(H,22,26)(H2,21,23,24). The summed E-state index contributed by atoms with van der Waals surface area (Å²) in [6.45, 7) is 4.62. The Bertz CT molecular complexity index is 736. The summed E-state index contributed by atoms with van der Waals surface area (Å²) < 4.78 is 1.98. The molecule has 7 heteroatoms. The maximum atomic E-state index is 11.6. The molecule has 1 saturated carbocycles. The number of carbonyl (C=O) groups is 1. The third kappa shape index (κ3) is 5.08. The zero-order valence-corrected chi connectivity index (χ0v) is 15.1. The fraction of sp³-hybridized carbons (Fsp3) is 0.421. The summed E-state index contributed by atoms with van der Waals surface area (Å²) in [4.78, 5) is 20.4. The molecule has 0 spiro atoms. The van der Waals surface area contributed by atoms with E-state index in [9.17, 15) is 4.79 Å². The highest BCUT2D eigenvalue weighted by Crippen LogP contribution is 2.28. The number of amides is 1. The number of rotatable bonds is 8. The number of para-hydroxylation sites is 1. The quantitative estimate of drug-likeness (QED) is 0.381. The van der Waals surface area contributed by atoms with Crippen LogP contribution in [0, 0.1) is 5.92 Å². The molecule has 0 radical (unpaired) electrons. The number of aromatic nitrogens is 2. The van der Waals surface area contributed by atoms with Crippen LogP contribution < -0.4 is 16.0 Å². The van der Waals surface area contributed by atoms with Gasteiger partial charge in [-0.3, -0.25) is 4.79 Å². The number of aliphatic imine (C=N–C) groups is 1.